The fourth-order valence-electron chi connectivity index (χ4n) is 6.47. The maximum Gasteiger partial charge on any atom is 0.193 e. The van der Waals surface area contributed by atoms with E-state index in [4.69, 9.17) is 4.74 Å². The lowest BCUT2D eigenvalue weighted by Crippen LogP contribution is -3.17. The van der Waals surface area contributed by atoms with Crippen LogP contribution in [0.5, 0.6) is 0 Å². The second kappa shape index (κ2) is 5.57. The van der Waals surface area contributed by atoms with E-state index >= 15 is 0 Å². The molecule has 4 fully saturated rings. The van der Waals surface area contributed by atoms with Gasteiger partial charge in [-0.25, -0.2) is 0 Å². The van der Waals surface area contributed by atoms with Crippen LogP contribution in [0.2, 0.25) is 0 Å². The van der Waals surface area contributed by atoms with Crippen molar-refractivity contribution in [1.29, 1.82) is 0 Å². The Balaban J connectivity index is 1.74. The summed E-state index contributed by atoms with van der Waals surface area (Å²) in [6.45, 7) is 1.07. The van der Waals surface area contributed by atoms with Crippen molar-refractivity contribution in [2.45, 2.75) is 56.8 Å². The molecule has 3 aliphatic carbocycles. The summed E-state index contributed by atoms with van der Waals surface area (Å²) in [5, 5.41) is 13.1. The minimum atomic E-state index is -0.627. The highest BCUT2D eigenvalue weighted by Gasteiger charge is 2.60. The van der Waals surface area contributed by atoms with Gasteiger partial charge in [-0.15, -0.1) is 0 Å². The van der Waals surface area contributed by atoms with Gasteiger partial charge in [0.25, 0.3) is 0 Å². The van der Waals surface area contributed by atoms with Crippen LogP contribution in [0, 0.1) is 29.6 Å². The predicted octanol–water partition coefficient (Wildman–Crippen LogP) is -0.341. The average Bonchev–Trinajstić information content (AvgIpc) is 2.54. The normalized spacial score (nSPS) is 54.5. The van der Waals surface area contributed by atoms with E-state index in [0.29, 0.717) is 23.5 Å². The molecule has 124 valence electrons. The third-order valence-electron chi connectivity index (χ3n) is 7.38. The van der Waals surface area contributed by atoms with E-state index in [1.54, 1.807) is 7.11 Å². The van der Waals surface area contributed by atoms with Gasteiger partial charge in [-0.3, -0.25) is 4.79 Å². The Morgan fingerprint density at radius 3 is 2.73 bits per heavy atom. The summed E-state index contributed by atoms with van der Waals surface area (Å²) in [6.07, 6.45) is 5.73. The van der Waals surface area contributed by atoms with Gasteiger partial charge < -0.3 is 14.7 Å². The quantitative estimate of drug-likeness (QED) is 0.721. The molecule has 1 heterocycles. The number of ether oxygens (including phenoxy) is 1. The van der Waals surface area contributed by atoms with Gasteiger partial charge in [0.15, 0.2) is 5.78 Å². The molecule has 4 rings (SSSR count). The number of quaternary nitrogens is 1. The maximum atomic E-state index is 13.1. The lowest BCUT2D eigenvalue weighted by Gasteiger charge is -2.61. The highest BCUT2D eigenvalue weighted by molar-refractivity contribution is 5.87. The van der Waals surface area contributed by atoms with E-state index in [0.717, 1.165) is 38.6 Å². The Morgan fingerprint density at radius 2 is 1.95 bits per heavy atom. The highest BCUT2D eigenvalue weighted by Crippen LogP contribution is 2.52. The van der Waals surface area contributed by atoms with Gasteiger partial charge in [-0.05, 0) is 43.4 Å². The summed E-state index contributed by atoms with van der Waals surface area (Å²) in [5.41, 5.74) is 0. The number of carbonyl (C=O) groups is 1. The molecule has 0 radical (unpaired) electrons. The Labute approximate surface area is 133 Å². The molecule has 4 nitrogen and oxygen atoms in total. The molecule has 3 saturated carbocycles. The summed E-state index contributed by atoms with van der Waals surface area (Å²) in [4.78, 5) is 14.5. The summed E-state index contributed by atoms with van der Waals surface area (Å²) in [5.74, 6) is 2.04. The molecule has 1 aliphatic heterocycles. The van der Waals surface area contributed by atoms with Gasteiger partial charge in [-0.1, -0.05) is 18.9 Å². The summed E-state index contributed by atoms with van der Waals surface area (Å²) in [6, 6.07) is 0.0948. The van der Waals surface area contributed by atoms with Crippen molar-refractivity contribution in [3.05, 3.63) is 0 Å². The molecule has 1 saturated heterocycles. The Hall–Kier alpha value is -0.450. The largest absolute Gasteiger partial charge is 0.850 e. The zero-order valence-electron chi connectivity index (χ0n) is 13.8. The fraction of sp³-hybridized carbons (Fsp3) is 0.944. The first-order chi connectivity index (χ1) is 10.6. The van der Waals surface area contributed by atoms with E-state index < -0.39 is 6.10 Å². The number of likely N-dealkylation sites (tertiary alicyclic amines) is 1. The Bertz CT molecular complexity index is 454. The molecule has 0 aromatic heterocycles. The van der Waals surface area contributed by atoms with Gasteiger partial charge in [0, 0.05) is 25.0 Å². The first kappa shape index (κ1) is 15.1. The number of rotatable bonds is 1. The molecule has 22 heavy (non-hydrogen) atoms. The van der Waals surface area contributed by atoms with Crippen LogP contribution in [0.15, 0.2) is 0 Å². The third-order valence-corrected chi connectivity index (χ3v) is 7.38. The van der Waals surface area contributed by atoms with Crippen molar-refractivity contribution in [3.63, 3.8) is 0 Å². The molecule has 0 aromatic carbocycles. The molecule has 4 aliphatic rings. The van der Waals surface area contributed by atoms with Crippen molar-refractivity contribution in [1.82, 2.24) is 0 Å². The van der Waals surface area contributed by atoms with Crippen molar-refractivity contribution >= 4 is 5.78 Å². The number of ketones is 1. The van der Waals surface area contributed by atoms with Crippen molar-refractivity contribution in [3.8, 4) is 0 Å². The summed E-state index contributed by atoms with van der Waals surface area (Å²) < 4.78 is 5.57. The Kier molecular flexibility index (Phi) is 3.82. The van der Waals surface area contributed by atoms with Gasteiger partial charge in [0.1, 0.15) is 6.04 Å². The van der Waals surface area contributed by atoms with Gasteiger partial charge in [-0.2, -0.15) is 0 Å². The number of likely N-dealkylation sites (N-methyl/N-ethyl adjacent to an activating group) is 1. The van der Waals surface area contributed by atoms with Gasteiger partial charge in [0.05, 0.1) is 13.6 Å². The Morgan fingerprint density at radius 1 is 1.18 bits per heavy atom. The van der Waals surface area contributed by atoms with Crippen LogP contribution in [-0.2, 0) is 9.53 Å². The number of fused-ring (bicyclic) bond motifs is 2. The lowest BCUT2D eigenvalue weighted by atomic mass is 9.50. The molecule has 0 aromatic rings. The maximum absolute atomic E-state index is 13.1. The fourth-order valence-corrected chi connectivity index (χ4v) is 6.47. The smallest absolute Gasteiger partial charge is 0.193 e. The topological polar surface area (TPSA) is 53.8 Å². The predicted molar refractivity (Wildman–Crippen MR) is 80.3 cm³/mol. The van der Waals surface area contributed by atoms with Crippen molar-refractivity contribution in [2.24, 2.45) is 29.6 Å². The molecular formula is C18H29NO3. The first-order valence-corrected chi connectivity index (χ1v) is 9.18. The van der Waals surface area contributed by atoms with E-state index in [9.17, 15) is 9.90 Å². The molecule has 9 unspecified atom stereocenters. The second-order valence-electron chi connectivity index (χ2n) is 8.21. The summed E-state index contributed by atoms with van der Waals surface area (Å²) in [7, 11) is 3.86. The number of nitrogens with one attached hydrogen (secondary N) is 1. The zero-order chi connectivity index (χ0) is 15.4. The van der Waals surface area contributed by atoms with Crippen LogP contribution in [-0.4, -0.2) is 44.7 Å². The molecule has 9 atom stereocenters. The monoisotopic (exact) mass is 307 g/mol. The van der Waals surface area contributed by atoms with Crippen LogP contribution in [0.1, 0.15) is 38.5 Å². The van der Waals surface area contributed by atoms with Crippen LogP contribution in [0.3, 0.4) is 0 Å². The van der Waals surface area contributed by atoms with E-state index in [2.05, 4.69) is 7.05 Å². The first-order valence-electron chi connectivity index (χ1n) is 9.18. The number of methoxy groups -OCH3 is 1. The summed E-state index contributed by atoms with van der Waals surface area (Å²) >= 11 is 0. The van der Waals surface area contributed by atoms with Crippen molar-refractivity contribution in [2.75, 3.05) is 20.7 Å². The average molecular weight is 307 g/mol. The van der Waals surface area contributed by atoms with E-state index in [-0.39, 0.29) is 24.0 Å². The molecule has 4 heteroatoms. The van der Waals surface area contributed by atoms with Crippen LogP contribution >= 0.6 is 0 Å². The number of Topliss-reactive ketones (excluding diaryl/α,β-unsaturated/α-hetero) is 1. The SMILES string of the molecule is COC1CC2CC[NH+](C)C3C(=O)C4CCCCC4C(C1[O-])C23. The number of hydrogen-bond acceptors (Lipinski definition) is 3. The molecule has 0 amide bonds. The third kappa shape index (κ3) is 2.03. The van der Waals surface area contributed by atoms with Crippen molar-refractivity contribution < 1.29 is 19.5 Å². The van der Waals surface area contributed by atoms with Gasteiger partial charge >= 0.3 is 0 Å². The van der Waals surface area contributed by atoms with Crippen LogP contribution in [0.25, 0.3) is 0 Å². The second-order valence-corrected chi connectivity index (χ2v) is 8.21. The number of piperidine rings is 1. The molecular weight excluding hydrogens is 278 g/mol. The van der Waals surface area contributed by atoms with Crippen LogP contribution < -0.4 is 10.0 Å². The minimum Gasteiger partial charge on any atom is -0.850 e. The standard InChI is InChI=1S/C18H28NO3/c1-19-8-7-10-9-13(22-2)18(21)15-11-5-3-4-6-12(11)17(20)16(19)14(10)15/h10-16,18H,3-9H2,1-2H3/q-1/p+1. The van der Waals surface area contributed by atoms with E-state index in [1.165, 1.54) is 11.3 Å². The number of hydrogen-bond donors (Lipinski definition) is 1. The molecule has 0 spiro atoms. The molecule has 1 N–H and O–H groups in total. The number of carbonyl (C=O) groups excluding carboxylic acids is 1. The zero-order valence-corrected chi connectivity index (χ0v) is 13.8. The lowest BCUT2D eigenvalue weighted by molar-refractivity contribution is -0.910. The van der Waals surface area contributed by atoms with Crippen LogP contribution in [0.4, 0.5) is 0 Å². The van der Waals surface area contributed by atoms with Gasteiger partial charge in [0.2, 0.25) is 0 Å². The van der Waals surface area contributed by atoms with E-state index in [1.807, 2.05) is 0 Å². The minimum absolute atomic E-state index is 0.0948. The molecule has 0 bridgehead atoms. The highest BCUT2D eigenvalue weighted by atomic mass is 16.5.